The maximum absolute atomic E-state index is 13.2. The van der Waals surface area contributed by atoms with Gasteiger partial charge in [-0.05, 0) is 61.2 Å². The van der Waals surface area contributed by atoms with Crippen molar-refractivity contribution in [3.63, 3.8) is 0 Å². The molecule has 1 saturated heterocycles. The van der Waals surface area contributed by atoms with E-state index in [0.29, 0.717) is 23.0 Å². The van der Waals surface area contributed by atoms with Gasteiger partial charge < -0.3 is 9.80 Å². The van der Waals surface area contributed by atoms with Crippen LogP contribution >= 0.6 is 35.6 Å². The van der Waals surface area contributed by atoms with Gasteiger partial charge in [-0.3, -0.25) is 4.79 Å². The predicted molar refractivity (Wildman–Crippen MR) is 118 cm³/mol. The average molecular weight is 440 g/mol. The van der Waals surface area contributed by atoms with E-state index in [9.17, 15) is 4.79 Å². The number of halogens is 3. The molecule has 0 aliphatic carbocycles. The number of likely N-dealkylation sites (tertiary alicyclic amines) is 1. The maximum Gasteiger partial charge on any atom is 0.227 e. The Balaban J connectivity index is 0.00000225. The number of carbonyl (C=O) groups is 1. The van der Waals surface area contributed by atoms with Crippen LogP contribution in [0, 0.1) is 0 Å². The largest absolute Gasteiger partial charge is 0.333 e. The van der Waals surface area contributed by atoms with E-state index in [0.717, 1.165) is 31.6 Å². The molecule has 0 N–H and O–H groups in total. The Labute approximate surface area is 183 Å². The van der Waals surface area contributed by atoms with Crippen molar-refractivity contribution < 1.29 is 4.79 Å². The Bertz CT molecular complexity index is 836. The molecule has 2 aromatic rings. The minimum atomic E-state index is 0. The summed E-state index contributed by atoms with van der Waals surface area (Å²) in [7, 11) is 0. The number of benzene rings is 2. The van der Waals surface area contributed by atoms with Crippen molar-refractivity contribution in [1.29, 1.82) is 0 Å². The summed E-state index contributed by atoms with van der Waals surface area (Å²) in [6, 6.07) is 14.2. The summed E-state index contributed by atoms with van der Waals surface area (Å²) in [5.41, 5.74) is 3.55. The fraction of sp³-hybridized carbons (Fsp3) is 0.409. The lowest BCUT2D eigenvalue weighted by atomic mass is 9.93. The van der Waals surface area contributed by atoms with E-state index in [1.54, 1.807) is 12.1 Å². The highest BCUT2D eigenvalue weighted by Gasteiger charge is 2.31. The number of hydrogen-bond acceptors (Lipinski definition) is 2. The van der Waals surface area contributed by atoms with Crippen LogP contribution < -0.4 is 0 Å². The number of hydrogen-bond donors (Lipinski definition) is 0. The molecule has 6 heteroatoms. The van der Waals surface area contributed by atoms with Crippen molar-refractivity contribution >= 4 is 41.5 Å². The molecule has 1 atom stereocenters. The molecule has 0 radical (unpaired) electrons. The lowest BCUT2D eigenvalue weighted by Crippen LogP contribution is -2.50. The van der Waals surface area contributed by atoms with Gasteiger partial charge in [0.25, 0.3) is 0 Å². The molecule has 2 aliphatic heterocycles. The molecular weight excluding hydrogens is 415 g/mol. The molecule has 3 nitrogen and oxygen atoms in total. The number of nitrogens with zero attached hydrogens (tertiary/aromatic N) is 2. The lowest BCUT2D eigenvalue weighted by molar-refractivity contribution is -0.134. The summed E-state index contributed by atoms with van der Waals surface area (Å²) in [6.07, 6.45) is 3.82. The number of amides is 1. The first kappa shape index (κ1) is 21.4. The molecule has 0 bridgehead atoms. The highest BCUT2D eigenvalue weighted by atomic mass is 35.5. The Morgan fingerprint density at radius 3 is 2.43 bits per heavy atom. The first-order valence-electron chi connectivity index (χ1n) is 9.62. The van der Waals surface area contributed by atoms with Crippen molar-refractivity contribution in [2.24, 2.45) is 0 Å². The standard InChI is InChI=1S/C22H24Cl2N2O.ClH/c23-20-8-7-16(11-21(20)24)12-22(27)26-14-18-6-2-1-5-17(18)13-19(26)15-25-9-3-4-10-25;/h1-2,5-8,11,19H,3-4,9-10,12-15H2;1H/t19-;/m1./s1. The second-order valence-electron chi connectivity index (χ2n) is 7.58. The number of fused-ring (bicyclic) bond motifs is 1. The molecule has 0 unspecified atom stereocenters. The second kappa shape index (κ2) is 9.49. The van der Waals surface area contributed by atoms with Crippen LogP contribution in [-0.4, -0.2) is 41.4 Å². The Hall–Kier alpha value is -1.26. The molecule has 4 rings (SSSR count). The second-order valence-corrected chi connectivity index (χ2v) is 8.40. The van der Waals surface area contributed by atoms with Gasteiger partial charge in [-0.25, -0.2) is 0 Å². The van der Waals surface area contributed by atoms with Gasteiger partial charge in [0.05, 0.1) is 16.5 Å². The summed E-state index contributed by atoms with van der Waals surface area (Å²) in [6.45, 7) is 3.94. The fourth-order valence-corrected chi connectivity index (χ4v) is 4.55. The van der Waals surface area contributed by atoms with Crippen molar-refractivity contribution in [3.8, 4) is 0 Å². The molecule has 150 valence electrons. The van der Waals surface area contributed by atoms with E-state index in [-0.39, 0.29) is 24.4 Å². The molecule has 1 amide bonds. The van der Waals surface area contributed by atoms with Crippen LogP contribution in [0.5, 0.6) is 0 Å². The van der Waals surface area contributed by atoms with Gasteiger partial charge in [0.2, 0.25) is 5.91 Å². The minimum Gasteiger partial charge on any atom is -0.333 e. The summed E-state index contributed by atoms with van der Waals surface area (Å²) in [5.74, 6) is 0.159. The average Bonchev–Trinajstić information content (AvgIpc) is 3.17. The highest BCUT2D eigenvalue weighted by molar-refractivity contribution is 6.42. The predicted octanol–water partition coefficient (Wildman–Crippen LogP) is 5.01. The Morgan fingerprint density at radius 1 is 1.00 bits per heavy atom. The molecule has 2 aromatic carbocycles. The number of carbonyl (C=O) groups excluding carboxylic acids is 1. The van der Waals surface area contributed by atoms with Crippen LogP contribution in [0.4, 0.5) is 0 Å². The Morgan fingerprint density at radius 2 is 1.71 bits per heavy atom. The summed E-state index contributed by atoms with van der Waals surface area (Å²) in [5, 5.41) is 1.02. The van der Waals surface area contributed by atoms with Crippen molar-refractivity contribution in [3.05, 3.63) is 69.2 Å². The molecule has 2 heterocycles. The molecular formula is C22H25Cl3N2O. The third-order valence-corrected chi connectivity index (χ3v) is 6.42. The molecule has 2 aliphatic rings. The van der Waals surface area contributed by atoms with Crippen LogP contribution in [0.2, 0.25) is 10.0 Å². The molecule has 0 saturated carbocycles. The zero-order chi connectivity index (χ0) is 18.8. The summed E-state index contributed by atoms with van der Waals surface area (Å²) in [4.78, 5) is 17.8. The van der Waals surface area contributed by atoms with Crippen LogP contribution in [-0.2, 0) is 24.2 Å². The first-order chi connectivity index (χ1) is 13.1. The smallest absolute Gasteiger partial charge is 0.227 e. The molecule has 28 heavy (non-hydrogen) atoms. The van der Waals surface area contributed by atoms with Crippen LogP contribution in [0.1, 0.15) is 29.5 Å². The van der Waals surface area contributed by atoms with Crippen molar-refractivity contribution in [2.75, 3.05) is 19.6 Å². The van der Waals surface area contributed by atoms with E-state index in [2.05, 4.69) is 34.1 Å². The monoisotopic (exact) mass is 438 g/mol. The van der Waals surface area contributed by atoms with E-state index < -0.39 is 0 Å². The summed E-state index contributed by atoms with van der Waals surface area (Å²) >= 11 is 12.1. The van der Waals surface area contributed by atoms with Gasteiger partial charge in [-0.15, -0.1) is 12.4 Å². The van der Waals surface area contributed by atoms with Gasteiger partial charge in [0.1, 0.15) is 0 Å². The van der Waals surface area contributed by atoms with Crippen molar-refractivity contribution in [2.45, 2.75) is 38.3 Å². The van der Waals surface area contributed by atoms with Gasteiger partial charge >= 0.3 is 0 Å². The first-order valence-corrected chi connectivity index (χ1v) is 10.4. The van der Waals surface area contributed by atoms with Gasteiger partial charge in [0, 0.05) is 19.1 Å². The van der Waals surface area contributed by atoms with E-state index in [4.69, 9.17) is 23.2 Å². The molecule has 0 spiro atoms. The SMILES string of the molecule is Cl.O=C(Cc1ccc(Cl)c(Cl)c1)N1Cc2ccccc2C[C@@H]1CN1CCCC1. The third kappa shape index (κ3) is 4.83. The van der Waals surface area contributed by atoms with E-state index >= 15 is 0 Å². The van der Waals surface area contributed by atoms with E-state index in [1.165, 1.54) is 24.0 Å². The van der Waals surface area contributed by atoms with E-state index in [1.807, 2.05) is 6.07 Å². The van der Waals surface area contributed by atoms with Crippen molar-refractivity contribution in [1.82, 2.24) is 9.80 Å². The quantitative estimate of drug-likeness (QED) is 0.669. The molecule has 0 aromatic heterocycles. The van der Waals surface area contributed by atoms with Crippen LogP contribution in [0.15, 0.2) is 42.5 Å². The molecule has 1 fully saturated rings. The van der Waals surface area contributed by atoms with Gasteiger partial charge in [0.15, 0.2) is 0 Å². The lowest BCUT2D eigenvalue weighted by Gasteiger charge is -2.39. The Kier molecular flexibility index (Phi) is 7.27. The highest BCUT2D eigenvalue weighted by Crippen LogP contribution is 2.27. The third-order valence-electron chi connectivity index (χ3n) is 5.68. The maximum atomic E-state index is 13.2. The summed E-state index contributed by atoms with van der Waals surface area (Å²) < 4.78 is 0. The minimum absolute atomic E-state index is 0. The zero-order valence-electron chi connectivity index (χ0n) is 15.7. The van der Waals surface area contributed by atoms with Gasteiger partial charge in [-0.2, -0.15) is 0 Å². The fourth-order valence-electron chi connectivity index (χ4n) is 4.23. The topological polar surface area (TPSA) is 23.6 Å². The normalized spacial score (nSPS) is 19.2. The van der Waals surface area contributed by atoms with Gasteiger partial charge in [-0.1, -0.05) is 53.5 Å². The zero-order valence-corrected chi connectivity index (χ0v) is 18.1. The van der Waals surface area contributed by atoms with Crippen LogP contribution in [0.3, 0.4) is 0 Å². The van der Waals surface area contributed by atoms with Crippen LogP contribution in [0.25, 0.3) is 0 Å². The number of rotatable bonds is 4.